The number of hydrogen-bond acceptors (Lipinski definition) is 2. The average Bonchev–Trinajstić information content (AvgIpc) is 3.05. The maximum Gasteiger partial charge on any atom is 0.326 e. The van der Waals surface area contributed by atoms with Crippen LogP contribution < -0.4 is 5.69 Å². The van der Waals surface area contributed by atoms with Crippen LogP contribution in [-0.4, -0.2) is 22.3 Å². The van der Waals surface area contributed by atoms with E-state index in [-0.39, 0.29) is 11.7 Å². The van der Waals surface area contributed by atoms with Crippen molar-refractivity contribution in [1.82, 2.24) is 9.55 Å². The zero-order valence-electron chi connectivity index (χ0n) is 19.4. The molecule has 0 bridgehead atoms. The normalized spacial score (nSPS) is 21.3. The third-order valence-corrected chi connectivity index (χ3v) is 6.53. The van der Waals surface area contributed by atoms with Gasteiger partial charge in [0, 0.05) is 12.6 Å². The molecule has 0 radical (unpaired) electrons. The number of aryl methyl sites for hydroxylation is 1. The lowest BCUT2D eigenvalue weighted by Crippen LogP contribution is -2.22. The number of H-pyrrole nitrogens is 1. The molecule has 4 heteroatoms. The van der Waals surface area contributed by atoms with Crippen molar-refractivity contribution in [1.29, 1.82) is 0 Å². The van der Waals surface area contributed by atoms with Gasteiger partial charge in [-0.25, -0.2) is 4.79 Å². The highest BCUT2D eigenvalue weighted by Crippen LogP contribution is 2.30. The third-order valence-electron chi connectivity index (χ3n) is 6.53. The van der Waals surface area contributed by atoms with Gasteiger partial charge in [0.15, 0.2) is 0 Å². The molecule has 1 heterocycles. The van der Waals surface area contributed by atoms with Gasteiger partial charge >= 0.3 is 5.69 Å². The van der Waals surface area contributed by atoms with Gasteiger partial charge in [0.25, 0.3) is 0 Å². The minimum Gasteiger partial charge on any atom is -0.378 e. The number of hydrogen-bond donors (Lipinski definition) is 1. The van der Waals surface area contributed by atoms with Crippen LogP contribution in [-0.2, 0) is 4.74 Å². The van der Waals surface area contributed by atoms with Gasteiger partial charge in [0.1, 0.15) is 0 Å². The smallest absolute Gasteiger partial charge is 0.326 e. The summed E-state index contributed by atoms with van der Waals surface area (Å²) in [5, 5.41) is 0. The van der Waals surface area contributed by atoms with Crippen LogP contribution in [0.5, 0.6) is 0 Å². The third kappa shape index (κ3) is 5.87. The molecule has 30 heavy (non-hydrogen) atoms. The zero-order valence-corrected chi connectivity index (χ0v) is 19.4. The standard InChI is InChI=1S/C26H40N2O2/c1-5-7-22(28-25-18-20(4)9-15-24(25)27-26(28)29)12-8-19(3)17-21-10-13-23(14-11-21)30-16-6-2/h9,15,17-18,21-23H,5-8,10-14,16H2,1-4H3,(H,27,29)/b19-17-. The number of aromatic nitrogens is 2. The van der Waals surface area contributed by atoms with Crippen molar-refractivity contribution in [2.75, 3.05) is 6.61 Å². The highest BCUT2D eigenvalue weighted by Gasteiger charge is 2.21. The minimum absolute atomic E-state index is 0.0288. The summed E-state index contributed by atoms with van der Waals surface area (Å²) in [6.45, 7) is 9.64. The number of fused-ring (bicyclic) bond motifs is 1. The van der Waals surface area contributed by atoms with Crippen LogP contribution in [0.2, 0.25) is 0 Å². The summed E-state index contributed by atoms with van der Waals surface area (Å²) < 4.78 is 7.94. The Morgan fingerprint density at radius 1 is 1.20 bits per heavy atom. The predicted octanol–water partition coefficient (Wildman–Crippen LogP) is 6.69. The van der Waals surface area contributed by atoms with Crippen LogP contribution in [0.4, 0.5) is 0 Å². The second kappa shape index (κ2) is 11.0. The van der Waals surface area contributed by atoms with Crippen LogP contribution in [0.1, 0.15) is 90.2 Å². The van der Waals surface area contributed by atoms with E-state index in [4.69, 9.17) is 4.74 Å². The van der Waals surface area contributed by atoms with Gasteiger partial charge in [-0.2, -0.15) is 0 Å². The Balaban J connectivity index is 1.63. The molecular weight excluding hydrogens is 372 g/mol. The first-order chi connectivity index (χ1) is 14.5. The fraction of sp³-hybridized carbons (Fsp3) is 0.654. The predicted molar refractivity (Wildman–Crippen MR) is 126 cm³/mol. The Morgan fingerprint density at radius 3 is 2.67 bits per heavy atom. The van der Waals surface area contributed by atoms with E-state index in [0.29, 0.717) is 12.0 Å². The summed E-state index contributed by atoms with van der Waals surface area (Å²) in [4.78, 5) is 15.8. The summed E-state index contributed by atoms with van der Waals surface area (Å²) in [5.41, 5.74) is 4.69. The molecule has 0 amide bonds. The van der Waals surface area contributed by atoms with Crippen molar-refractivity contribution in [2.24, 2.45) is 5.92 Å². The fourth-order valence-corrected chi connectivity index (χ4v) is 4.92. The molecule has 1 aromatic heterocycles. The Bertz CT molecular complexity index is 884. The first-order valence-electron chi connectivity index (χ1n) is 12.0. The van der Waals surface area contributed by atoms with Crippen molar-refractivity contribution < 1.29 is 4.74 Å². The van der Waals surface area contributed by atoms with Crippen LogP contribution in [0.15, 0.2) is 34.6 Å². The number of imidazole rings is 1. The Morgan fingerprint density at radius 2 is 1.97 bits per heavy atom. The highest BCUT2D eigenvalue weighted by molar-refractivity contribution is 5.76. The number of aromatic amines is 1. The van der Waals surface area contributed by atoms with E-state index in [0.717, 1.165) is 49.7 Å². The van der Waals surface area contributed by atoms with Gasteiger partial charge in [-0.1, -0.05) is 38.0 Å². The van der Waals surface area contributed by atoms with Crippen LogP contribution >= 0.6 is 0 Å². The molecule has 0 aliphatic heterocycles. The number of nitrogens with zero attached hydrogens (tertiary/aromatic N) is 1. The number of benzene rings is 1. The largest absolute Gasteiger partial charge is 0.378 e. The molecule has 166 valence electrons. The molecule has 1 atom stereocenters. The van der Waals surface area contributed by atoms with Gasteiger partial charge in [0.05, 0.1) is 17.1 Å². The molecule has 2 aromatic rings. The van der Waals surface area contributed by atoms with Gasteiger partial charge in [-0.15, -0.1) is 0 Å². The van der Waals surface area contributed by atoms with Crippen molar-refractivity contribution >= 4 is 11.0 Å². The maximum absolute atomic E-state index is 12.7. The van der Waals surface area contributed by atoms with E-state index in [2.05, 4.69) is 50.9 Å². The van der Waals surface area contributed by atoms with Gasteiger partial charge in [-0.3, -0.25) is 4.57 Å². The molecule has 0 saturated heterocycles. The van der Waals surface area contributed by atoms with E-state index in [9.17, 15) is 4.79 Å². The molecule has 3 rings (SSSR count). The van der Waals surface area contributed by atoms with Gasteiger partial charge < -0.3 is 9.72 Å². The number of allylic oxidation sites excluding steroid dienone is 2. The van der Waals surface area contributed by atoms with Crippen molar-refractivity contribution in [3.05, 3.63) is 45.9 Å². The minimum atomic E-state index is 0.0288. The summed E-state index contributed by atoms with van der Waals surface area (Å²) in [5.74, 6) is 0.689. The molecule has 1 saturated carbocycles. The van der Waals surface area contributed by atoms with E-state index < -0.39 is 0 Å². The lowest BCUT2D eigenvalue weighted by Gasteiger charge is -2.27. The Hall–Kier alpha value is -1.81. The zero-order chi connectivity index (χ0) is 21.5. The maximum atomic E-state index is 12.7. The summed E-state index contributed by atoms with van der Waals surface area (Å²) in [6, 6.07) is 6.47. The van der Waals surface area contributed by atoms with Crippen molar-refractivity contribution in [3.8, 4) is 0 Å². The van der Waals surface area contributed by atoms with Crippen LogP contribution in [0, 0.1) is 12.8 Å². The quantitative estimate of drug-likeness (QED) is 0.442. The van der Waals surface area contributed by atoms with E-state index >= 15 is 0 Å². The topological polar surface area (TPSA) is 47.0 Å². The van der Waals surface area contributed by atoms with E-state index in [1.807, 2.05) is 10.6 Å². The molecule has 1 aliphatic carbocycles. The van der Waals surface area contributed by atoms with Crippen LogP contribution in [0.3, 0.4) is 0 Å². The molecule has 4 nitrogen and oxygen atoms in total. The average molecular weight is 413 g/mol. The van der Waals surface area contributed by atoms with Crippen LogP contribution in [0.25, 0.3) is 11.0 Å². The first-order valence-corrected chi connectivity index (χ1v) is 12.0. The molecule has 1 aromatic carbocycles. The fourth-order valence-electron chi connectivity index (χ4n) is 4.92. The number of nitrogens with one attached hydrogen (secondary N) is 1. The molecule has 0 spiro atoms. The second-order valence-electron chi connectivity index (χ2n) is 9.22. The Kier molecular flexibility index (Phi) is 8.38. The molecule has 1 fully saturated rings. The summed E-state index contributed by atoms with van der Waals surface area (Å²) in [7, 11) is 0. The summed E-state index contributed by atoms with van der Waals surface area (Å²) >= 11 is 0. The number of ether oxygens (including phenoxy) is 1. The number of rotatable bonds is 10. The second-order valence-corrected chi connectivity index (χ2v) is 9.22. The monoisotopic (exact) mass is 412 g/mol. The summed E-state index contributed by atoms with van der Waals surface area (Å²) in [6.07, 6.45) is 13.1. The SMILES string of the molecule is CCCOC1CCC(/C=C(/C)CCC(CCC)n2c(=O)[nH]c3ccc(C)cc32)CC1. The molecule has 1 N–H and O–H groups in total. The van der Waals surface area contributed by atoms with Crippen molar-refractivity contribution in [2.45, 2.75) is 97.6 Å². The van der Waals surface area contributed by atoms with Crippen molar-refractivity contribution in [3.63, 3.8) is 0 Å². The lowest BCUT2D eigenvalue weighted by atomic mass is 9.85. The molecule has 1 unspecified atom stereocenters. The lowest BCUT2D eigenvalue weighted by molar-refractivity contribution is 0.0226. The van der Waals surface area contributed by atoms with Gasteiger partial charge in [0.2, 0.25) is 0 Å². The van der Waals surface area contributed by atoms with E-state index in [1.54, 1.807) is 0 Å². The highest BCUT2D eigenvalue weighted by atomic mass is 16.5. The van der Waals surface area contributed by atoms with Gasteiger partial charge in [-0.05, 0) is 88.8 Å². The first kappa shape index (κ1) is 22.9. The molecular formula is C26H40N2O2. The Labute approximate surface area is 181 Å². The van der Waals surface area contributed by atoms with E-state index in [1.165, 1.54) is 36.8 Å². The molecule has 1 aliphatic rings.